The summed E-state index contributed by atoms with van der Waals surface area (Å²) in [5.41, 5.74) is 0.143. The molecule has 20 heavy (non-hydrogen) atoms. The molecule has 1 N–H and O–H groups in total. The predicted octanol–water partition coefficient (Wildman–Crippen LogP) is 3.00. The minimum Gasteiger partial charge on any atom is -0.302 e. The molecule has 1 aliphatic rings. The zero-order valence-corrected chi connectivity index (χ0v) is 14.3. The molecule has 0 unspecified atom stereocenters. The Morgan fingerprint density at radius 3 is 2.15 bits per heavy atom. The van der Waals surface area contributed by atoms with Crippen molar-refractivity contribution >= 4 is 42.1 Å². The summed E-state index contributed by atoms with van der Waals surface area (Å²) in [7, 11) is 1.49. The minimum atomic E-state index is -3.82. The minimum absolute atomic E-state index is 0.0243. The molecule has 0 spiro atoms. The zero-order chi connectivity index (χ0) is 15.5. The van der Waals surface area contributed by atoms with Gasteiger partial charge in [0.15, 0.2) is 9.34 Å². The van der Waals surface area contributed by atoms with Gasteiger partial charge in [-0.3, -0.25) is 4.79 Å². The van der Waals surface area contributed by atoms with Crippen molar-refractivity contribution in [3.8, 4) is 0 Å². The number of carbonyl (C=O) groups is 1. The number of carbonyl (C=O) groups excluding carboxylic acids is 1. The Morgan fingerprint density at radius 1 is 1.30 bits per heavy atom. The van der Waals surface area contributed by atoms with Gasteiger partial charge in [-0.05, 0) is 17.8 Å². The van der Waals surface area contributed by atoms with E-state index < -0.39 is 9.05 Å². The van der Waals surface area contributed by atoms with Crippen LogP contribution in [0.3, 0.4) is 0 Å². The third-order valence-corrected chi connectivity index (χ3v) is 7.74. The van der Waals surface area contributed by atoms with Gasteiger partial charge in [0.25, 0.3) is 9.05 Å². The number of nitrogens with one attached hydrogen (secondary N) is 1. The van der Waals surface area contributed by atoms with Crippen LogP contribution in [0, 0.1) is 23.7 Å². The highest BCUT2D eigenvalue weighted by Crippen LogP contribution is 2.68. The number of aromatic nitrogens is 1. The van der Waals surface area contributed by atoms with Crippen molar-refractivity contribution in [3.05, 3.63) is 5.69 Å². The number of halogens is 1. The lowest BCUT2D eigenvalue weighted by atomic mass is 10.0. The van der Waals surface area contributed by atoms with Crippen LogP contribution < -0.4 is 5.32 Å². The van der Waals surface area contributed by atoms with Gasteiger partial charge in [0.05, 0.1) is 5.69 Å². The first kappa shape index (κ1) is 15.7. The highest BCUT2D eigenvalue weighted by Gasteiger charge is 2.68. The number of anilines is 1. The first-order valence-corrected chi connectivity index (χ1v) is 9.24. The number of thiazole rings is 1. The first-order valence-electron chi connectivity index (χ1n) is 6.12. The van der Waals surface area contributed by atoms with Gasteiger partial charge in [-0.25, -0.2) is 13.4 Å². The Balaban J connectivity index is 2.19. The Labute approximate surface area is 127 Å². The van der Waals surface area contributed by atoms with E-state index in [9.17, 15) is 13.2 Å². The molecule has 1 saturated carbocycles. The van der Waals surface area contributed by atoms with Crippen LogP contribution in [0.5, 0.6) is 0 Å². The van der Waals surface area contributed by atoms with Crippen LogP contribution in [-0.2, 0) is 13.8 Å². The van der Waals surface area contributed by atoms with E-state index in [0.717, 1.165) is 11.3 Å². The van der Waals surface area contributed by atoms with Crippen molar-refractivity contribution < 1.29 is 13.2 Å². The summed E-state index contributed by atoms with van der Waals surface area (Å²) in [6.45, 7) is 9.71. The Bertz CT molecular complexity index is 663. The quantitative estimate of drug-likeness (QED) is 0.861. The maximum atomic E-state index is 12.2. The molecule has 0 bridgehead atoms. The third kappa shape index (κ3) is 2.35. The van der Waals surface area contributed by atoms with Gasteiger partial charge in [0, 0.05) is 16.6 Å². The van der Waals surface area contributed by atoms with E-state index in [0.29, 0.717) is 5.69 Å². The van der Waals surface area contributed by atoms with Crippen molar-refractivity contribution in [2.45, 2.75) is 38.8 Å². The molecule has 1 heterocycles. The van der Waals surface area contributed by atoms with E-state index in [1.165, 1.54) is 0 Å². The Morgan fingerprint density at radius 2 is 1.80 bits per heavy atom. The van der Waals surface area contributed by atoms with Gasteiger partial charge in [-0.1, -0.05) is 39.0 Å². The van der Waals surface area contributed by atoms with Crippen molar-refractivity contribution in [1.82, 2.24) is 4.98 Å². The lowest BCUT2D eigenvalue weighted by Gasteiger charge is -2.03. The molecule has 5 nitrogen and oxygen atoms in total. The predicted molar refractivity (Wildman–Crippen MR) is 79.6 cm³/mol. The highest BCUT2D eigenvalue weighted by atomic mass is 35.7. The monoisotopic (exact) mass is 336 g/mol. The molecule has 0 aliphatic heterocycles. The molecule has 0 radical (unpaired) electrons. The number of rotatable bonds is 3. The second-order valence-electron chi connectivity index (χ2n) is 6.20. The van der Waals surface area contributed by atoms with E-state index in [-0.39, 0.29) is 32.0 Å². The maximum Gasteiger partial charge on any atom is 0.272 e. The van der Waals surface area contributed by atoms with Gasteiger partial charge < -0.3 is 5.32 Å². The zero-order valence-electron chi connectivity index (χ0n) is 11.9. The SMILES string of the molecule is Cc1nc(NC(=O)C2C(C)(C)C2(C)C)sc1S(=O)(=O)Cl. The fourth-order valence-electron chi connectivity index (χ4n) is 2.69. The fraction of sp³-hybridized carbons (Fsp3) is 0.667. The van der Waals surface area contributed by atoms with E-state index in [1.54, 1.807) is 6.92 Å². The summed E-state index contributed by atoms with van der Waals surface area (Å²) in [6.07, 6.45) is 0. The molecule has 0 saturated heterocycles. The average Bonchev–Trinajstić information content (AvgIpc) is 2.53. The number of hydrogen-bond donors (Lipinski definition) is 1. The molecule has 1 aromatic rings. The Kier molecular flexibility index (Phi) is 3.47. The molecule has 8 heteroatoms. The van der Waals surface area contributed by atoms with E-state index in [1.807, 2.05) is 27.7 Å². The second kappa shape index (κ2) is 4.42. The van der Waals surface area contributed by atoms with Crippen LogP contribution in [0.2, 0.25) is 0 Å². The lowest BCUT2D eigenvalue weighted by molar-refractivity contribution is -0.118. The third-order valence-electron chi connectivity index (χ3n) is 4.49. The molecule has 1 fully saturated rings. The number of nitrogens with zero attached hydrogens (tertiary/aromatic N) is 1. The topological polar surface area (TPSA) is 76.1 Å². The molecule has 1 aliphatic carbocycles. The molecule has 112 valence electrons. The van der Waals surface area contributed by atoms with Crippen LogP contribution in [0.1, 0.15) is 33.4 Å². The molecule has 2 rings (SSSR count). The molecule has 0 atom stereocenters. The fourth-order valence-corrected chi connectivity index (χ4v) is 5.05. The van der Waals surface area contributed by atoms with Crippen molar-refractivity contribution in [2.24, 2.45) is 16.7 Å². The largest absolute Gasteiger partial charge is 0.302 e. The number of aryl methyl sites for hydroxylation is 1. The van der Waals surface area contributed by atoms with Gasteiger partial charge in [0.2, 0.25) is 5.91 Å². The van der Waals surface area contributed by atoms with Crippen LogP contribution in [0.4, 0.5) is 5.13 Å². The lowest BCUT2D eigenvalue weighted by Crippen LogP contribution is -2.17. The smallest absolute Gasteiger partial charge is 0.272 e. The summed E-state index contributed by atoms with van der Waals surface area (Å²) in [5.74, 6) is -0.248. The Hall–Kier alpha value is -0.660. The van der Waals surface area contributed by atoms with Crippen molar-refractivity contribution in [1.29, 1.82) is 0 Å². The summed E-state index contributed by atoms with van der Waals surface area (Å²) >= 11 is 0.877. The van der Waals surface area contributed by atoms with Crippen LogP contribution in [0.15, 0.2) is 4.21 Å². The first-order chi connectivity index (χ1) is 8.89. The van der Waals surface area contributed by atoms with Gasteiger partial charge >= 0.3 is 0 Å². The normalized spacial score (nSPS) is 20.7. The molecule has 1 aromatic heterocycles. The summed E-state index contributed by atoms with van der Waals surface area (Å²) in [5, 5.41) is 2.96. The van der Waals surface area contributed by atoms with E-state index in [4.69, 9.17) is 10.7 Å². The average molecular weight is 337 g/mol. The maximum absolute atomic E-state index is 12.2. The van der Waals surface area contributed by atoms with Gasteiger partial charge in [0.1, 0.15) is 0 Å². The number of amides is 1. The highest BCUT2D eigenvalue weighted by molar-refractivity contribution is 8.15. The standard InChI is InChI=1S/C12H17ClN2O3S2/c1-6-9(20(13,17)18)19-10(14-6)15-8(16)7-11(2,3)12(7,4)5/h7H,1-5H3,(H,14,15,16). The van der Waals surface area contributed by atoms with Crippen LogP contribution in [0.25, 0.3) is 0 Å². The molecule has 0 aromatic carbocycles. The van der Waals surface area contributed by atoms with Crippen LogP contribution >= 0.6 is 22.0 Å². The van der Waals surface area contributed by atoms with Crippen molar-refractivity contribution in [2.75, 3.05) is 5.32 Å². The second-order valence-corrected chi connectivity index (χ2v) is 9.96. The van der Waals surface area contributed by atoms with Gasteiger partial charge in [-0.15, -0.1) is 0 Å². The summed E-state index contributed by atoms with van der Waals surface area (Å²) in [6, 6.07) is 0. The number of hydrogen-bond acceptors (Lipinski definition) is 5. The van der Waals surface area contributed by atoms with E-state index >= 15 is 0 Å². The molecular weight excluding hydrogens is 320 g/mol. The van der Waals surface area contributed by atoms with Gasteiger partial charge in [-0.2, -0.15) is 0 Å². The summed E-state index contributed by atoms with van der Waals surface area (Å²) < 4.78 is 22.6. The van der Waals surface area contributed by atoms with Crippen molar-refractivity contribution in [3.63, 3.8) is 0 Å². The van der Waals surface area contributed by atoms with Crippen LogP contribution in [-0.4, -0.2) is 19.3 Å². The molecular formula is C12H17ClN2O3S2. The molecule has 1 amide bonds. The van der Waals surface area contributed by atoms with E-state index in [2.05, 4.69) is 10.3 Å². The summed E-state index contributed by atoms with van der Waals surface area (Å²) in [4.78, 5) is 16.3.